The van der Waals surface area contributed by atoms with E-state index in [-0.39, 0.29) is 0 Å². The first-order valence-corrected chi connectivity index (χ1v) is 6.89. The lowest BCUT2D eigenvalue weighted by molar-refractivity contribution is 1.41. The van der Waals surface area contributed by atoms with Gasteiger partial charge in [-0.2, -0.15) is 11.8 Å². The fourth-order valence-corrected chi connectivity index (χ4v) is 2.55. The second-order valence-electron chi connectivity index (χ2n) is 3.83. The third kappa shape index (κ3) is 3.24. The molecule has 0 bridgehead atoms. The van der Waals surface area contributed by atoms with E-state index in [0.29, 0.717) is 0 Å². The Balaban J connectivity index is 2.25. The van der Waals surface area contributed by atoms with Crippen LogP contribution in [0.25, 0.3) is 11.1 Å². The molecule has 0 amide bonds. The van der Waals surface area contributed by atoms with Gasteiger partial charge in [0.05, 0.1) is 0 Å². The topological polar surface area (TPSA) is 0 Å². The molecule has 2 rings (SSSR count). The van der Waals surface area contributed by atoms with Crippen LogP contribution in [0.3, 0.4) is 0 Å². The summed E-state index contributed by atoms with van der Waals surface area (Å²) >= 11 is 1.90. The van der Waals surface area contributed by atoms with Gasteiger partial charge in [-0.15, -0.1) is 6.58 Å². The Bertz CT molecular complexity index is 474. The third-order valence-corrected chi connectivity index (χ3v) is 3.58. The summed E-state index contributed by atoms with van der Waals surface area (Å²) < 4.78 is 0. The van der Waals surface area contributed by atoms with Crippen LogP contribution < -0.4 is 0 Å². The average Bonchev–Trinajstić information content (AvgIpc) is 2.41. The predicted octanol–water partition coefficient (Wildman–Crippen LogP) is 4.77. The van der Waals surface area contributed by atoms with Crippen molar-refractivity contribution in [3.63, 3.8) is 0 Å². The Hall–Kier alpha value is -1.47. The van der Waals surface area contributed by atoms with Crippen LogP contribution in [0.4, 0.5) is 0 Å². The van der Waals surface area contributed by atoms with Crippen LogP contribution in [0.15, 0.2) is 67.3 Å². The number of thioether (sulfide) groups is 1. The Morgan fingerprint density at radius 1 is 0.941 bits per heavy atom. The maximum atomic E-state index is 3.75. The van der Waals surface area contributed by atoms with Gasteiger partial charge in [-0.05, 0) is 16.7 Å². The van der Waals surface area contributed by atoms with Crippen molar-refractivity contribution >= 4 is 11.8 Å². The van der Waals surface area contributed by atoms with Crippen LogP contribution in [-0.4, -0.2) is 5.75 Å². The number of hydrogen-bond acceptors (Lipinski definition) is 1. The van der Waals surface area contributed by atoms with Crippen molar-refractivity contribution in [2.45, 2.75) is 5.75 Å². The molecule has 0 spiro atoms. The van der Waals surface area contributed by atoms with E-state index in [2.05, 4.69) is 61.2 Å². The minimum Gasteiger partial charge on any atom is -0.153 e. The van der Waals surface area contributed by atoms with E-state index in [4.69, 9.17) is 0 Å². The molecule has 0 aromatic heterocycles. The molecular weight excluding hydrogens is 224 g/mol. The van der Waals surface area contributed by atoms with E-state index >= 15 is 0 Å². The molecule has 86 valence electrons. The second kappa shape index (κ2) is 6.31. The van der Waals surface area contributed by atoms with Crippen LogP contribution in [0, 0.1) is 0 Å². The second-order valence-corrected chi connectivity index (χ2v) is 4.86. The summed E-state index contributed by atoms with van der Waals surface area (Å²) in [6, 6.07) is 19.2. The van der Waals surface area contributed by atoms with Gasteiger partial charge < -0.3 is 0 Å². The number of rotatable bonds is 5. The Morgan fingerprint density at radius 2 is 1.65 bits per heavy atom. The molecule has 17 heavy (non-hydrogen) atoms. The molecule has 0 unspecified atom stereocenters. The van der Waals surface area contributed by atoms with E-state index in [0.717, 1.165) is 11.5 Å². The maximum Gasteiger partial charge on any atom is 0.0193 e. The van der Waals surface area contributed by atoms with Gasteiger partial charge in [-0.3, -0.25) is 0 Å². The molecule has 0 heterocycles. The van der Waals surface area contributed by atoms with Gasteiger partial charge in [0, 0.05) is 11.5 Å². The first-order valence-electron chi connectivity index (χ1n) is 5.74. The zero-order valence-corrected chi connectivity index (χ0v) is 10.6. The summed E-state index contributed by atoms with van der Waals surface area (Å²) in [5.74, 6) is 2.04. The van der Waals surface area contributed by atoms with E-state index in [9.17, 15) is 0 Å². The molecule has 0 aliphatic carbocycles. The molecule has 2 aromatic rings. The molecule has 1 heteroatoms. The van der Waals surface area contributed by atoms with Gasteiger partial charge in [0.25, 0.3) is 0 Å². The third-order valence-electron chi connectivity index (χ3n) is 2.60. The van der Waals surface area contributed by atoms with Crippen molar-refractivity contribution in [1.82, 2.24) is 0 Å². The lowest BCUT2D eigenvalue weighted by Crippen LogP contribution is -1.87. The van der Waals surface area contributed by atoms with Gasteiger partial charge >= 0.3 is 0 Å². The van der Waals surface area contributed by atoms with Gasteiger partial charge in [0.2, 0.25) is 0 Å². The largest absolute Gasteiger partial charge is 0.153 e. The highest BCUT2D eigenvalue weighted by molar-refractivity contribution is 7.98. The minimum absolute atomic E-state index is 1.00. The van der Waals surface area contributed by atoms with Crippen LogP contribution >= 0.6 is 11.8 Å². The fraction of sp³-hybridized carbons (Fsp3) is 0.125. The zero-order chi connectivity index (χ0) is 11.9. The maximum absolute atomic E-state index is 3.75. The molecule has 0 nitrogen and oxygen atoms in total. The van der Waals surface area contributed by atoms with Crippen LogP contribution in [0.1, 0.15) is 5.56 Å². The quantitative estimate of drug-likeness (QED) is 0.535. The molecule has 0 N–H and O–H groups in total. The number of benzene rings is 2. The van der Waals surface area contributed by atoms with Gasteiger partial charge in [-0.1, -0.05) is 60.7 Å². The Kier molecular flexibility index (Phi) is 4.45. The molecule has 0 saturated carbocycles. The standard InChI is InChI=1S/C16H16S/c1-2-12-17-13-15-10-6-7-11-16(15)14-8-4-3-5-9-14/h2-11H,1,12-13H2. The van der Waals surface area contributed by atoms with Crippen LogP contribution in [-0.2, 0) is 5.75 Å². The molecule has 0 fully saturated rings. The van der Waals surface area contributed by atoms with Crippen molar-refractivity contribution in [2.24, 2.45) is 0 Å². The highest BCUT2D eigenvalue weighted by atomic mass is 32.2. The Morgan fingerprint density at radius 3 is 2.41 bits per heavy atom. The van der Waals surface area contributed by atoms with E-state index in [1.54, 1.807) is 0 Å². The van der Waals surface area contributed by atoms with Crippen LogP contribution in [0.2, 0.25) is 0 Å². The molecule has 0 aliphatic rings. The van der Waals surface area contributed by atoms with Gasteiger partial charge in [-0.25, -0.2) is 0 Å². The first kappa shape index (κ1) is 12.0. The lowest BCUT2D eigenvalue weighted by Gasteiger charge is -2.08. The number of hydrogen-bond donors (Lipinski definition) is 0. The van der Waals surface area contributed by atoms with E-state index in [1.807, 2.05) is 17.8 Å². The normalized spacial score (nSPS) is 10.1. The molecule has 0 saturated heterocycles. The fourth-order valence-electron chi connectivity index (χ4n) is 1.80. The van der Waals surface area contributed by atoms with E-state index in [1.165, 1.54) is 16.7 Å². The van der Waals surface area contributed by atoms with Crippen molar-refractivity contribution in [3.8, 4) is 11.1 Å². The summed E-state index contributed by atoms with van der Waals surface area (Å²) in [6.07, 6.45) is 1.95. The smallest absolute Gasteiger partial charge is 0.0193 e. The first-order chi connectivity index (χ1) is 8.42. The predicted molar refractivity (Wildman–Crippen MR) is 78.2 cm³/mol. The van der Waals surface area contributed by atoms with Gasteiger partial charge in [0.15, 0.2) is 0 Å². The summed E-state index contributed by atoms with van der Waals surface area (Å²) in [6.45, 7) is 3.75. The summed E-state index contributed by atoms with van der Waals surface area (Å²) in [5, 5.41) is 0. The molecule has 0 atom stereocenters. The van der Waals surface area contributed by atoms with Crippen molar-refractivity contribution < 1.29 is 0 Å². The Labute approximate surface area is 107 Å². The molecule has 0 aliphatic heterocycles. The summed E-state index contributed by atoms with van der Waals surface area (Å²) in [7, 11) is 0. The lowest BCUT2D eigenvalue weighted by atomic mass is 10.0. The SMILES string of the molecule is C=CCSCc1ccccc1-c1ccccc1. The van der Waals surface area contributed by atoms with Gasteiger partial charge in [0.1, 0.15) is 0 Å². The summed E-state index contributed by atoms with van der Waals surface area (Å²) in [5.41, 5.74) is 4.03. The van der Waals surface area contributed by atoms with Crippen molar-refractivity contribution in [2.75, 3.05) is 5.75 Å². The highest BCUT2D eigenvalue weighted by Crippen LogP contribution is 2.26. The van der Waals surface area contributed by atoms with Crippen molar-refractivity contribution in [3.05, 3.63) is 72.8 Å². The van der Waals surface area contributed by atoms with E-state index < -0.39 is 0 Å². The monoisotopic (exact) mass is 240 g/mol. The zero-order valence-electron chi connectivity index (χ0n) is 9.80. The average molecular weight is 240 g/mol. The summed E-state index contributed by atoms with van der Waals surface area (Å²) in [4.78, 5) is 0. The highest BCUT2D eigenvalue weighted by Gasteiger charge is 2.03. The molecular formula is C16H16S. The van der Waals surface area contributed by atoms with Crippen molar-refractivity contribution in [1.29, 1.82) is 0 Å². The molecule has 2 aromatic carbocycles. The van der Waals surface area contributed by atoms with Crippen LogP contribution in [0.5, 0.6) is 0 Å². The minimum atomic E-state index is 1.00. The molecule has 0 radical (unpaired) electrons.